The lowest BCUT2D eigenvalue weighted by molar-refractivity contribution is -0.920. The van der Waals surface area contributed by atoms with E-state index in [0.717, 1.165) is 36.4 Å². The van der Waals surface area contributed by atoms with Crippen molar-refractivity contribution in [3.8, 4) is 0 Å². The highest BCUT2D eigenvalue weighted by Gasteiger charge is 2.27. The number of carbonyl (C=O) groups is 1. The fraction of sp³-hybridized carbons (Fsp3) is 0.667. The first kappa shape index (κ1) is 18.6. The van der Waals surface area contributed by atoms with Gasteiger partial charge in [0.05, 0.1) is 19.1 Å². The summed E-state index contributed by atoms with van der Waals surface area (Å²) >= 11 is 0. The third-order valence-corrected chi connectivity index (χ3v) is 5.73. The van der Waals surface area contributed by atoms with Gasteiger partial charge in [0.15, 0.2) is 22.8 Å². The minimum atomic E-state index is -0.497. The van der Waals surface area contributed by atoms with Gasteiger partial charge in [-0.05, 0) is 32.6 Å². The molecule has 0 aromatic carbocycles. The maximum absolute atomic E-state index is 12.8. The fourth-order valence-electron chi connectivity index (χ4n) is 3.75. The number of hydrogen-bond donors (Lipinski definition) is 1. The van der Waals surface area contributed by atoms with Crippen molar-refractivity contribution in [3.05, 3.63) is 26.7 Å². The molecule has 0 amide bonds. The van der Waals surface area contributed by atoms with Gasteiger partial charge < -0.3 is 9.47 Å². The van der Waals surface area contributed by atoms with Crippen LogP contribution in [0.5, 0.6) is 0 Å². The van der Waals surface area contributed by atoms with Crippen molar-refractivity contribution in [3.63, 3.8) is 0 Å². The summed E-state index contributed by atoms with van der Waals surface area (Å²) < 4.78 is 4.20. The van der Waals surface area contributed by atoms with Gasteiger partial charge in [0.1, 0.15) is 6.54 Å². The largest absolute Gasteiger partial charge is 0.332 e. The van der Waals surface area contributed by atoms with Gasteiger partial charge in [-0.3, -0.25) is 18.7 Å². The number of ketones is 1. The second kappa shape index (κ2) is 6.83. The molecule has 26 heavy (non-hydrogen) atoms. The Morgan fingerprint density at radius 2 is 1.85 bits per heavy atom. The van der Waals surface area contributed by atoms with Crippen molar-refractivity contribution in [2.45, 2.75) is 46.2 Å². The molecule has 0 aliphatic carbocycles. The van der Waals surface area contributed by atoms with Crippen LogP contribution >= 0.6 is 0 Å². The SMILES string of the molecule is CC(=O)[C@@H](C)n1c(C[NH+]2CCC(C)CC2)nc2c1c(=O)n(C)c(=O)n2C. The number of hydrogen-bond acceptors (Lipinski definition) is 4. The maximum Gasteiger partial charge on any atom is 0.332 e. The second-order valence-corrected chi connectivity index (χ2v) is 7.67. The van der Waals surface area contributed by atoms with Crippen LogP contribution in [-0.2, 0) is 25.4 Å². The van der Waals surface area contributed by atoms with Gasteiger partial charge in [-0.1, -0.05) is 6.92 Å². The Hall–Kier alpha value is -2.22. The molecule has 2 aromatic rings. The lowest BCUT2D eigenvalue weighted by Crippen LogP contribution is -3.11. The molecular weight excluding hydrogens is 334 g/mol. The third-order valence-electron chi connectivity index (χ3n) is 5.73. The molecule has 1 aliphatic rings. The van der Waals surface area contributed by atoms with Crippen molar-refractivity contribution >= 4 is 16.9 Å². The van der Waals surface area contributed by atoms with Crippen molar-refractivity contribution in [2.75, 3.05) is 13.1 Å². The van der Waals surface area contributed by atoms with Crippen LogP contribution in [0, 0.1) is 5.92 Å². The van der Waals surface area contributed by atoms with Crippen LogP contribution in [0.1, 0.15) is 45.5 Å². The Morgan fingerprint density at radius 1 is 1.23 bits per heavy atom. The summed E-state index contributed by atoms with van der Waals surface area (Å²) in [6, 6.07) is -0.497. The summed E-state index contributed by atoms with van der Waals surface area (Å²) in [5.41, 5.74) is -0.131. The summed E-state index contributed by atoms with van der Waals surface area (Å²) in [6.07, 6.45) is 2.33. The molecular formula is C18H28N5O3+. The third kappa shape index (κ3) is 3.02. The summed E-state index contributed by atoms with van der Waals surface area (Å²) in [4.78, 5) is 43.1. The Kier molecular flexibility index (Phi) is 4.88. The van der Waals surface area contributed by atoms with Crippen LogP contribution < -0.4 is 16.1 Å². The highest BCUT2D eigenvalue weighted by Crippen LogP contribution is 2.18. The number of likely N-dealkylation sites (tertiary alicyclic amines) is 1. The van der Waals surface area contributed by atoms with Gasteiger partial charge in [0.25, 0.3) is 5.56 Å². The van der Waals surface area contributed by atoms with Crippen molar-refractivity contribution < 1.29 is 9.69 Å². The van der Waals surface area contributed by atoms with E-state index in [1.54, 1.807) is 18.5 Å². The van der Waals surface area contributed by atoms with Gasteiger partial charge >= 0.3 is 5.69 Å². The van der Waals surface area contributed by atoms with Gasteiger partial charge in [0, 0.05) is 14.1 Å². The average molecular weight is 362 g/mol. The fourth-order valence-corrected chi connectivity index (χ4v) is 3.75. The Bertz CT molecular complexity index is 960. The minimum Gasteiger partial charge on any atom is -0.329 e. The number of aryl methyl sites for hydroxylation is 1. The predicted octanol–water partition coefficient (Wildman–Crippen LogP) is -0.601. The molecule has 8 heteroatoms. The van der Waals surface area contributed by atoms with Crippen LogP contribution in [0.15, 0.2) is 9.59 Å². The van der Waals surface area contributed by atoms with Gasteiger partial charge in [-0.15, -0.1) is 0 Å². The normalized spacial score (nSPS) is 21.9. The van der Waals surface area contributed by atoms with Crippen LogP contribution in [0.3, 0.4) is 0 Å². The molecule has 1 aliphatic heterocycles. The van der Waals surface area contributed by atoms with Crippen molar-refractivity contribution in [1.82, 2.24) is 18.7 Å². The van der Waals surface area contributed by atoms with Crippen LogP contribution in [0.25, 0.3) is 11.2 Å². The van der Waals surface area contributed by atoms with E-state index in [9.17, 15) is 14.4 Å². The van der Waals surface area contributed by atoms with Crippen LogP contribution in [0.4, 0.5) is 0 Å². The van der Waals surface area contributed by atoms with E-state index in [0.29, 0.717) is 23.5 Å². The maximum atomic E-state index is 12.8. The molecule has 1 atom stereocenters. The number of carbonyl (C=O) groups excluding carboxylic acids is 1. The summed E-state index contributed by atoms with van der Waals surface area (Å²) in [7, 11) is 3.07. The first-order chi connectivity index (χ1) is 12.2. The monoisotopic (exact) mass is 362 g/mol. The molecule has 2 aromatic heterocycles. The summed E-state index contributed by atoms with van der Waals surface area (Å²) in [6.45, 7) is 8.32. The topological polar surface area (TPSA) is 83.3 Å². The number of quaternary nitrogens is 1. The summed E-state index contributed by atoms with van der Waals surface area (Å²) in [5, 5.41) is 0. The zero-order valence-corrected chi connectivity index (χ0v) is 16.2. The Balaban J connectivity index is 2.18. The molecule has 3 heterocycles. The summed E-state index contributed by atoms with van der Waals surface area (Å²) in [5.74, 6) is 1.40. The smallest absolute Gasteiger partial charge is 0.329 e. The average Bonchev–Trinajstić information content (AvgIpc) is 2.98. The molecule has 8 nitrogen and oxygen atoms in total. The number of aromatic nitrogens is 4. The van der Waals surface area contributed by atoms with Crippen LogP contribution in [-0.4, -0.2) is 37.6 Å². The van der Waals surface area contributed by atoms with Crippen LogP contribution in [0.2, 0.25) is 0 Å². The zero-order valence-electron chi connectivity index (χ0n) is 16.2. The second-order valence-electron chi connectivity index (χ2n) is 7.67. The first-order valence-corrected chi connectivity index (χ1v) is 9.23. The molecule has 1 fully saturated rings. The van der Waals surface area contributed by atoms with Gasteiger partial charge in [-0.2, -0.15) is 0 Å². The Labute approximate surface area is 152 Å². The zero-order chi connectivity index (χ0) is 19.2. The quantitative estimate of drug-likeness (QED) is 0.787. The minimum absolute atomic E-state index is 0.0382. The highest BCUT2D eigenvalue weighted by atomic mass is 16.2. The molecule has 142 valence electrons. The highest BCUT2D eigenvalue weighted by molar-refractivity contribution is 5.82. The van der Waals surface area contributed by atoms with E-state index in [1.807, 2.05) is 0 Å². The molecule has 1 saturated heterocycles. The van der Waals surface area contributed by atoms with E-state index >= 15 is 0 Å². The number of nitrogens with zero attached hydrogens (tertiary/aromatic N) is 4. The molecule has 0 unspecified atom stereocenters. The number of rotatable bonds is 4. The number of imidazole rings is 1. The molecule has 0 bridgehead atoms. The standard InChI is InChI=1S/C18H27N5O3/c1-11-6-8-22(9-7-11)10-14-19-16-15(23(14)12(2)13(3)24)17(25)21(5)18(26)20(16)4/h11-12H,6-10H2,1-5H3/p+1/t12-/m1/s1. The Morgan fingerprint density at radius 3 is 2.42 bits per heavy atom. The molecule has 0 saturated carbocycles. The van der Waals surface area contributed by atoms with Gasteiger partial charge in [-0.25, -0.2) is 9.78 Å². The van der Waals surface area contributed by atoms with E-state index in [4.69, 9.17) is 0 Å². The molecule has 0 radical (unpaired) electrons. The molecule has 1 N–H and O–H groups in total. The van der Waals surface area contributed by atoms with E-state index in [-0.39, 0.29) is 5.78 Å². The number of fused-ring (bicyclic) bond motifs is 1. The number of Topliss-reactive ketones (excluding diaryl/α,β-unsaturated/α-hetero) is 1. The first-order valence-electron chi connectivity index (χ1n) is 9.23. The lowest BCUT2D eigenvalue weighted by atomic mass is 9.99. The lowest BCUT2D eigenvalue weighted by Gasteiger charge is -2.27. The number of piperidine rings is 1. The van der Waals surface area contributed by atoms with E-state index < -0.39 is 17.3 Å². The van der Waals surface area contributed by atoms with E-state index in [1.165, 1.54) is 23.4 Å². The predicted molar refractivity (Wildman–Crippen MR) is 98.4 cm³/mol. The molecule has 3 rings (SSSR count). The van der Waals surface area contributed by atoms with E-state index in [2.05, 4.69) is 11.9 Å². The van der Waals surface area contributed by atoms with Crippen molar-refractivity contribution in [1.29, 1.82) is 0 Å². The van der Waals surface area contributed by atoms with Gasteiger partial charge in [0.2, 0.25) is 0 Å². The van der Waals surface area contributed by atoms with Crippen molar-refractivity contribution in [2.24, 2.45) is 20.0 Å². The molecule has 0 spiro atoms. The number of nitrogens with one attached hydrogen (secondary N) is 1.